The first-order chi connectivity index (χ1) is 7.58. The summed E-state index contributed by atoms with van der Waals surface area (Å²) < 4.78 is 0.757. The monoisotopic (exact) mass is 282 g/mol. The summed E-state index contributed by atoms with van der Waals surface area (Å²) in [5.74, 6) is 1.27. The highest BCUT2D eigenvalue weighted by atomic mass is 79.9. The molecule has 0 spiro atoms. The molecule has 2 rings (SSSR count). The Bertz CT molecular complexity index is 381. The molecular weight excluding hydrogens is 268 g/mol. The molecule has 1 aromatic heterocycles. The average molecular weight is 283 g/mol. The van der Waals surface area contributed by atoms with E-state index in [1.165, 1.54) is 0 Å². The first-order valence-corrected chi connectivity index (χ1v) is 6.28. The predicted octanol–water partition coefficient (Wildman–Crippen LogP) is 2.57. The lowest BCUT2D eigenvalue weighted by Crippen LogP contribution is -2.28. The minimum absolute atomic E-state index is 0.0937. The fourth-order valence-electron chi connectivity index (χ4n) is 1.98. The standard InChI is InChI=1S/C12H15BrN2O/c1-8-6-15(7-9(8)2)12(16)10-3-4-11(13)14-5-10/h3-5,8-9H,6-7H2,1-2H3. The molecule has 1 saturated heterocycles. The third-order valence-electron chi connectivity index (χ3n) is 3.25. The van der Waals surface area contributed by atoms with Gasteiger partial charge in [-0.1, -0.05) is 13.8 Å². The van der Waals surface area contributed by atoms with Crippen molar-refractivity contribution in [1.29, 1.82) is 0 Å². The van der Waals surface area contributed by atoms with Gasteiger partial charge in [0.15, 0.2) is 0 Å². The Morgan fingerprint density at radius 2 is 2.00 bits per heavy atom. The summed E-state index contributed by atoms with van der Waals surface area (Å²) >= 11 is 3.26. The van der Waals surface area contributed by atoms with Crippen molar-refractivity contribution in [3.63, 3.8) is 0 Å². The van der Waals surface area contributed by atoms with E-state index in [0.717, 1.165) is 17.7 Å². The number of carbonyl (C=O) groups excluding carboxylic acids is 1. The Balaban J connectivity index is 2.11. The number of aromatic nitrogens is 1. The largest absolute Gasteiger partial charge is 0.338 e. The predicted molar refractivity (Wildman–Crippen MR) is 66.2 cm³/mol. The van der Waals surface area contributed by atoms with Gasteiger partial charge in [-0.15, -0.1) is 0 Å². The molecule has 2 heterocycles. The summed E-state index contributed by atoms with van der Waals surface area (Å²) in [6, 6.07) is 3.61. The van der Waals surface area contributed by atoms with Gasteiger partial charge < -0.3 is 4.90 Å². The summed E-state index contributed by atoms with van der Waals surface area (Å²) in [6.45, 7) is 6.10. The van der Waals surface area contributed by atoms with Gasteiger partial charge in [0.2, 0.25) is 0 Å². The van der Waals surface area contributed by atoms with Crippen LogP contribution in [0.15, 0.2) is 22.9 Å². The van der Waals surface area contributed by atoms with Gasteiger partial charge in [-0.25, -0.2) is 4.98 Å². The highest BCUT2D eigenvalue weighted by molar-refractivity contribution is 9.10. The zero-order valence-electron chi connectivity index (χ0n) is 9.48. The Morgan fingerprint density at radius 1 is 1.38 bits per heavy atom. The van der Waals surface area contributed by atoms with Crippen LogP contribution >= 0.6 is 15.9 Å². The van der Waals surface area contributed by atoms with Crippen LogP contribution in [0.5, 0.6) is 0 Å². The molecule has 16 heavy (non-hydrogen) atoms. The molecule has 1 aliphatic rings. The number of amides is 1. The minimum Gasteiger partial charge on any atom is -0.338 e. The van der Waals surface area contributed by atoms with Crippen LogP contribution in [0.4, 0.5) is 0 Å². The van der Waals surface area contributed by atoms with E-state index in [-0.39, 0.29) is 5.91 Å². The van der Waals surface area contributed by atoms with E-state index in [1.54, 1.807) is 12.3 Å². The second-order valence-electron chi connectivity index (χ2n) is 4.53. The molecule has 0 radical (unpaired) electrons. The number of halogens is 1. The maximum absolute atomic E-state index is 12.1. The van der Waals surface area contributed by atoms with Crippen LogP contribution in [0.2, 0.25) is 0 Å². The molecule has 3 nitrogen and oxygen atoms in total. The molecule has 0 saturated carbocycles. The van der Waals surface area contributed by atoms with Gasteiger partial charge in [-0.05, 0) is 39.9 Å². The van der Waals surface area contributed by atoms with Gasteiger partial charge in [0.1, 0.15) is 4.60 Å². The summed E-state index contributed by atoms with van der Waals surface area (Å²) in [5.41, 5.74) is 0.671. The van der Waals surface area contributed by atoms with Gasteiger partial charge >= 0.3 is 0 Å². The molecule has 4 heteroatoms. The van der Waals surface area contributed by atoms with Crippen molar-refractivity contribution in [3.05, 3.63) is 28.5 Å². The van der Waals surface area contributed by atoms with Crippen molar-refractivity contribution in [3.8, 4) is 0 Å². The van der Waals surface area contributed by atoms with E-state index in [9.17, 15) is 4.79 Å². The van der Waals surface area contributed by atoms with Crippen molar-refractivity contribution in [1.82, 2.24) is 9.88 Å². The molecule has 0 aromatic carbocycles. The van der Waals surface area contributed by atoms with Crippen LogP contribution in [0.3, 0.4) is 0 Å². The lowest BCUT2D eigenvalue weighted by molar-refractivity contribution is 0.0784. The third kappa shape index (κ3) is 2.26. The van der Waals surface area contributed by atoms with Crippen LogP contribution < -0.4 is 0 Å². The van der Waals surface area contributed by atoms with E-state index in [4.69, 9.17) is 0 Å². The van der Waals surface area contributed by atoms with Crippen LogP contribution in [0.1, 0.15) is 24.2 Å². The Morgan fingerprint density at radius 3 is 2.50 bits per heavy atom. The number of nitrogens with zero attached hydrogens (tertiary/aromatic N) is 2. The number of carbonyl (C=O) groups is 1. The van der Waals surface area contributed by atoms with Crippen molar-refractivity contribution in [2.75, 3.05) is 13.1 Å². The maximum Gasteiger partial charge on any atom is 0.255 e. The smallest absolute Gasteiger partial charge is 0.255 e. The Kier molecular flexibility index (Phi) is 3.28. The van der Waals surface area contributed by atoms with Gasteiger partial charge in [-0.3, -0.25) is 4.79 Å². The second-order valence-corrected chi connectivity index (χ2v) is 5.35. The molecule has 0 bridgehead atoms. The Hall–Kier alpha value is -0.900. The molecule has 1 aromatic rings. The molecule has 86 valence electrons. The van der Waals surface area contributed by atoms with Crippen LogP contribution in [-0.2, 0) is 0 Å². The van der Waals surface area contributed by atoms with Gasteiger partial charge in [0.25, 0.3) is 5.91 Å². The molecule has 2 unspecified atom stereocenters. The zero-order chi connectivity index (χ0) is 11.7. The summed E-state index contributed by atoms with van der Waals surface area (Å²) in [7, 11) is 0. The van der Waals surface area contributed by atoms with Crippen molar-refractivity contribution in [2.45, 2.75) is 13.8 Å². The fourth-order valence-corrected chi connectivity index (χ4v) is 2.21. The molecule has 1 amide bonds. The Labute approximate surface area is 104 Å². The molecule has 1 aliphatic heterocycles. The molecular formula is C12H15BrN2O. The zero-order valence-corrected chi connectivity index (χ0v) is 11.1. The van der Waals surface area contributed by atoms with Crippen molar-refractivity contribution in [2.24, 2.45) is 11.8 Å². The highest BCUT2D eigenvalue weighted by Crippen LogP contribution is 2.23. The molecule has 1 fully saturated rings. The lowest BCUT2D eigenvalue weighted by Gasteiger charge is -2.15. The molecule has 2 atom stereocenters. The number of likely N-dealkylation sites (tertiary alicyclic amines) is 1. The minimum atomic E-state index is 0.0937. The molecule has 0 aliphatic carbocycles. The van der Waals surface area contributed by atoms with Crippen LogP contribution in [-0.4, -0.2) is 28.9 Å². The summed E-state index contributed by atoms with van der Waals surface area (Å²) in [5, 5.41) is 0. The normalized spacial score (nSPS) is 24.8. The second kappa shape index (κ2) is 4.53. The quantitative estimate of drug-likeness (QED) is 0.742. The average Bonchev–Trinajstić information content (AvgIpc) is 2.59. The van der Waals surface area contributed by atoms with E-state index < -0.39 is 0 Å². The molecule has 0 N–H and O–H groups in total. The first kappa shape index (κ1) is 11.6. The number of rotatable bonds is 1. The topological polar surface area (TPSA) is 33.2 Å². The van der Waals surface area contributed by atoms with Gasteiger partial charge in [0.05, 0.1) is 5.56 Å². The maximum atomic E-state index is 12.1. The van der Waals surface area contributed by atoms with Crippen molar-refractivity contribution < 1.29 is 4.79 Å². The van der Waals surface area contributed by atoms with Crippen LogP contribution in [0.25, 0.3) is 0 Å². The summed E-state index contributed by atoms with van der Waals surface area (Å²) in [6.07, 6.45) is 1.63. The van der Waals surface area contributed by atoms with Crippen molar-refractivity contribution >= 4 is 21.8 Å². The van der Waals surface area contributed by atoms with E-state index in [0.29, 0.717) is 17.4 Å². The first-order valence-electron chi connectivity index (χ1n) is 5.48. The van der Waals surface area contributed by atoms with E-state index >= 15 is 0 Å². The SMILES string of the molecule is CC1CN(C(=O)c2ccc(Br)nc2)CC1C. The van der Waals surface area contributed by atoms with E-state index in [2.05, 4.69) is 34.8 Å². The van der Waals surface area contributed by atoms with Gasteiger partial charge in [-0.2, -0.15) is 0 Å². The third-order valence-corrected chi connectivity index (χ3v) is 3.72. The van der Waals surface area contributed by atoms with Crippen LogP contribution in [0, 0.1) is 11.8 Å². The van der Waals surface area contributed by atoms with Gasteiger partial charge in [0, 0.05) is 19.3 Å². The van der Waals surface area contributed by atoms with E-state index in [1.807, 2.05) is 11.0 Å². The number of hydrogen-bond acceptors (Lipinski definition) is 2. The number of hydrogen-bond donors (Lipinski definition) is 0. The lowest BCUT2D eigenvalue weighted by atomic mass is 10.0. The summed E-state index contributed by atoms with van der Waals surface area (Å²) in [4.78, 5) is 18.1. The fraction of sp³-hybridized carbons (Fsp3) is 0.500. The highest BCUT2D eigenvalue weighted by Gasteiger charge is 2.29. The number of pyridine rings is 1.